The molecule has 6 heteroatoms. The molecule has 0 aromatic heterocycles. The van der Waals surface area contributed by atoms with E-state index in [9.17, 15) is 10.1 Å². The first-order valence-corrected chi connectivity index (χ1v) is 9.63. The number of nitriles is 1. The smallest absolute Gasteiger partial charge is 0.226 e. The van der Waals surface area contributed by atoms with Crippen LogP contribution in [-0.4, -0.2) is 36.6 Å². The van der Waals surface area contributed by atoms with Crippen LogP contribution in [-0.2, 0) is 11.2 Å². The van der Waals surface area contributed by atoms with Gasteiger partial charge in [-0.3, -0.25) is 10.2 Å². The lowest BCUT2D eigenvalue weighted by Crippen LogP contribution is -2.38. The molecule has 0 aliphatic carbocycles. The zero-order chi connectivity index (χ0) is 19.9. The standard InChI is InChI=1S/C22H27N5O/c1-27(13-5-8-20-19(15-23)22(24)26-25-20)21(28)14-16-9-11-18(12-10-16)17-6-3-2-4-7-17/h2-4,6-7,9-12,19-20,22,25-26H,5,8,13-14,24H2,1H3. The highest BCUT2D eigenvalue weighted by atomic mass is 16.2. The van der Waals surface area contributed by atoms with Gasteiger partial charge in [-0.25, -0.2) is 5.43 Å². The number of benzene rings is 2. The number of nitrogens with zero attached hydrogens (tertiary/aromatic N) is 2. The Labute approximate surface area is 166 Å². The molecule has 146 valence electrons. The van der Waals surface area contributed by atoms with Gasteiger partial charge >= 0.3 is 0 Å². The molecule has 3 atom stereocenters. The number of nitrogens with one attached hydrogen (secondary N) is 2. The maximum absolute atomic E-state index is 12.5. The summed E-state index contributed by atoms with van der Waals surface area (Å²) in [6.07, 6.45) is 1.66. The topological polar surface area (TPSA) is 94.2 Å². The molecule has 3 unspecified atom stereocenters. The van der Waals surface area contributed by atoms with E-state index in [0.717, 1.165) is 24.0 Å². The minimum Gasteiger partial charge on any atom is -0.345 e. The third-order valence-corrected chi connectivity index (χ3v) is 5.26. The van der Waals surface area contributed by atoms with Crippen molar-refractivity contribution in [3.8, 4) is 17.2 Å². The van der Waals surface area contributed by atoms with Crippen molar-refractivity contribution in [3.05, 3.63) is 60.2 Å². The van der Waals surface area contributed by atoms with Crippen molar-refractivity contribution in [2.75, 3.05) is 13.6 Å². The van der Waals surface area contributed by atoms with Crippen LogP contribution < -0.4 is 16.6 Å². The van der Waals surface area contributed by atoms with Gasteiger partial charge in [0, 0.05) is 19.6 Å². The second kappa shape index (κ2) is 9.47. The molecule has 1 aliphatic rings. The maximum Gasteiger partial charge on any atom is 0.226 e. The minimum absolute atomic E-state index is 0.0223. The van der Waals surface area contributed by atoms with Gasteiger partial charge in [0.15, 0.2) is 0 Å². The molecule has 1 fully saturated rings. The summed E-state index contributed by atoms with van der Waals surface area (Å²) in [5.74, 6) is -0.150. The van der Waals surface area contributed by atoms with Crippen LogP contribution >= 0.6 is 0 Å². The van der Waals surface area contributed by atoms with E-state index in [4.69, 9.17) is 5.73 Å². The number of hydrogen-bond acceptors (Lipinski definition) is 5. The first-order valence-electron chi connectivity index (χ1n) is 9.63. The van der Waals surface area contributed by atoms with Gasteiger partial charge in [0.25, 0.3) is 0 Å². The number of nitrogens with two attached hydrogens (primary N) is 1. The van der Waals surface area contributed by atoms with Gasteiger partial charge in [-0.15, -0.1) is 0 Å². The fraction of sp³-hybridized carbons (Fsp3) is 0.364. The number of carbonyl (C=O) groups excluding carboxylic acids is 1. The molecule has 6 nitrogen and oxygen atoms in total. The van der Waals surface area contributed by atoms with E-state index in [-0.39, 0.29) is 24.0 Å². The molecule has 1 aliphatic heterocycles. The van der Waals surface area contributed by atoms with Crippen molar-refractivity contribution in [1.29, 1.82) is 5.26 Å². The van der Waals surface area contributed by atoms with Crippen LogP contribution in [0.5, 0.6) is 0 Å². The van der Waals surface area contributed by atoms with Crippen molar-refractivity contribution in [3.63, 3.8) is 0 Å². The van der Waals surface area contributed by atoms with Crippen molar-refractivity contribution >= 4 is 5.91 Å². The Morgan fingerprint density at radius 3 is 2.46 bits per heavy atom. The Balaban J connectivity index is 1.46. The Morgan fingerprint density at radius 2 is 1.79 bits per heavy atom. The molecule has 1 amide bonds. The van der Waals surface area contributed by atoms with E-state index in [1.54, 1.807) is 4.90 Å². The number of likely N-dealkylation sites (N-methyl/N-ethyl adjacent to an activating group) is 1. The number of carbonyl (C=O) groups is 1. The fourth-order valence-electron chi connectivity index (χ4n) is 3.48. The van der Waals surface area contributed by atoms with Crippen molar-refractivity contribution in [2.24, 2.45) is 11.7 Å². The van der Waals surface area contributed by atoms with Crippen molar-refractivity contribution in [1.82, 2.24) is 15.8 Å². The van der Waals surface area contributed by atoms with E-state index < -0.39 is 0 Å². The molecule has 28 heavy (non-hydrogen) atoms. The summed E-state index contributed by atoms with van der Waals surface area (Å²) in [7, 11) is 1.83. The Bertz CT molecular complexity index is 815. The first kappa shape index (κ1) is 20.0. The molecular formula is C22H27N5O. The lowest BCUT2D eigenvalue weighted by Gasteiger charge is -2.19. The Morgan fingerprint density at radius 1 is 1.11 bits per heavy atom. The van der Waals surface area contributed by atoms with Crippen LogP contribution in [0, 0.1) is 17.2 Å². The Kier molecular flexibility index (Phi) is 6.77. The first-order chi connectivity index (χ1) is 13.6. The normalized spacial score (nSPS) is 21.2. The average Bonchev–Trinajstić information content (AvgIpc) is 3.08. The summed E-state index contributed by atoms with van der Waals surface area (Å²) < 4.78 is 0. The van der Waals surface area contributed by atoms with Gasteiger partial charge in [-0.2, -0.15) is 5.26 Å². The summed E-state index contributed by atoms with van der Waals surface area (Å²) in [4.78, 5) is 14.3. The highest BCUT2D eigenvalue weighted by Gasteiger charge is 2.33. The zero-order valence-electron chi connectivity index (χ0n) is 16.1. The summed E-state index contributed by atoms with van der Waals surface area (Å²) in [5.41, 5.74) is 15.1. The van der Waals surface area contributed by atoms with E-state index >= 15 is 0 Å². The number of rotatable bonds is 7. The van der Waals surface area contributed by atoms with Crippen molar-refractivity contribution in [2.45, 2.75) is 31.5 Å². The van der Waals surface area contributed by atoms with Crippen LogP contribution in [0.2, 0.25) is 0 Å². The number of hydrogen-bond donors (Lipinski definition) is 3. The number of amides is 1. The molecular weight excluding hydrogens is 350 g/mol. The minimum atomic E-state index is -0.340. The number of hydrazine groups is 1. The predicted octanol–water partition coefficient (Wildman–Crippen LogP) is 2.04. The van der Waals surface area contributed by atoms with Crippen LogP contribution in [0.1, 0.15) is 18.4 Å². The van der Waals surface area contributed by atoms with Gasteiger partial charge < -0.3 is 10.6 Å². The zero-order valence-corrected chi connectivity index (χ0v) is 16.1. The monoisotopic (exact) mass is 377 g/mol. The molecule has 3 rings (SSSR count). The second-order valence-corrected chi connectivity index (χ2v) is 7.27. The third-order valence-electron chi connectivity index (χ3n) is 5.26. The molecule has 0 spiro atoms. The summed E-state index contributed by atoms with van der Waals surface area (Å²) in [5, 5.41) is 9.19. The van der Waals surface area contributed by atoms with Gasteiger partial charge in [0.1, 0.15) is 0 Å². The Hall–Kier alpha value is -2.72. The van der Waals surface area contributed by atoms with Crippen molar-refractivity contribution < 1.29 is 4.79 Å². The average molecular weight is 377 g/mol. The molecule has 1 saturated heterocycles. The molecule has 2 aromatic carbocycles. The lowest BCUT2D eigenvalue weighted by molar-refractivity contribution is -0.129. The lowest BCUT2D eigenvalue weighted by atomic mass is 9.97. The molecule has 0 saturated carbocycles. The van der Waals surface area contributed by atoms with Gasteiger partial charge in [-0.1, -0.05) is 54.6 Å². The van der Waals surface area contributed by atoms with Gasteiger partial charge in [0.2, 0.25) is 5.91 Å². The molecule has 2 aromatic rings. The predicted molar refractivity (Wildman–Crippen MR) is 110 cm³/mol. The van der Waals surface area contributed by atoms with Crippen LogP contribution in [0.3, 0.4) is 0 Å². The van der Waals surface area contributed by atoms with Crippen LogP contribution in [0.15, 0.2) is 54.6 Å². The summed E-state index contributed by atoms with van der Waals surface area (Å²) in [6, 6.07) is 20.6. The van der Waals surface area contributed by atoms with Crippen LogP contribution in [0.25, 0.3) is 11.1 Å². The largest absolute Gasteiger partial charge is 0.345 e. The van der Waals surface area contributed by atoms with E-state index in [2.05, 4.69) is 41.2 Å². The van der Waals surface area contributed by atoms with Gasteiger partial charge in [0.05, 0.1) is 24.6 Å². The van der Waals surface area contributed by atoms with Gasteiger partial charge in [-0.05, 0) is 29.5 Å². The summed E-state index contributed by atoms with van der Waals surface area (Å²) in [6.45, 7) is 0.659. The van der Waals surface area contributed by atoms with E-state index in [0.29, 0.717) is 13.0 Å². The van der Waals surface area contributed by atoms with E-state index in [1.165, 1.54) is 5.56 Å². The molecule has 0 bridgehead atoms. The molecule has 4 N–H and O–H groups in total. The highest BCUT2D eigenvalue weighted by molar-refractivity contribution is 5.78. The highest BCUT2D eigenvalue weighted by Crippen LogP contribution is 2.20. The maximum atomic E-state index is 12.5. The summed E-state index contributed by atoms with van der Waals surface area (Å²) >= 11 is 0. The fourth-order valence-corrected chi connectivity index (χ4v) is 3.48. The van der Waals surface area contributed by atoms with Crippen LogP contribution in [0.4, 0.5) is 0 Å². The van der Waals surface area contributed by atoms with E-state index in [1.807, 2.05) is 37.4 Å². The quantitative estimate of drug-likeness (QED) is 0.686. The second-order valence-electron chi connectivity index (χ2n) is 7.27. The molecule has 0 radical (unpaired) electrons. The molecule has 1 heterocycles. The third kappa shape index (κ3) is 4.96. The SMILES string of the molecule is CN(CCCC1NNC(N)C1C#N)C(=O)Cc1ccc(-c2ccccc2)cc1.